The van der Waals surface area contributed by atoms with E-state index in [1.165, 1.54) is 12.1 Å². The van der Waals surface area contributed by atoms with Gasteiger partial charge in [0.05, 0.1) is 23.3 Å². The summed E-state index contributed by atoms with van der Waals surface area (Å²) >= 11 is 0. The van der Waals surface area contributed by atoms with Gasteiger partial charge in [-0.05, 0) is 61.0 Å². The third-order valence-electron chi connectivity index (χ3n) is 9.41. The van der Waals surface area contributed by atoms with Crippen LogP contribution in [0.5, 0.6) is 11.8 Å². The lowest BCUT2D eigenvalue weighted by Gasteiger charge is -2.31. The average molecular weight is 657 g/mol. The lowest BCUT2D eigenvalue weighted by molar-refractivity contribution is -0.137. The van der Waals surface area contributed by atoms with Gasteiger partial charge >= 0.3 is 12.2 Å². The van der Waals surface area contributed by atoms with Crippen molar-refractivity contribution in [2.75, 3.05) is 50.9 Å². The molecule has 4 heterocycles. The first-order valence-electron chi connectivity index (χ1n) is 15.4. The summed E-state index contributed by atoms with van der Waals surface area (Å²) in [5.41, 5.74) is -4.24. The molecule has 0 bridgehead atoms. The number of halogens is 6. The molecule has 0 amide bonds. The van der Waals surface area contributed by atoms with E-state index in [0.29, 0.717) is 32.5 Å². The Morgan fingerprint density at radius 1 is 1.09 bits per heavy atom. The monoisotopic (exact) mass is 656 g/mol. The smallest absolute Gasteiger partial charge is 0.417 e. The highest BCUT2D eigenvalue weighted by Crippen LogP contribution is 2.47. The van der Waals surface area contributed by atoms with E-state index in [-0.39, 0.29) is 66.3 Å². The van der Waals surface area contributed by atoms with Crippen LogP contribution in [0.25, 0.3) is 32.8 Å². The Morgan fingerprint density at radius 3 is 2.70 bits per heavy atom. The van der Waals surface area contributed by atoms with Crippen LogP contribution in [0.1, 0.15) is 36.8 Å². The third kappa shape index (κ3) is 5.47. The zero-order valence-corrected chi connectivity index (χ0v) is 25.1. The van der Waals surface area contributed by atoms with Gasteiger partial charge in [-0.15, -0.1) is 6.42 Å². The molecule has 13 heteroatoms. The third-order valence-corrected chi connectivity index (χ3v) is 9.41. The number of hydrogen-bond acceptors (Lipinski definition) is 7. The predicted octanol–water partition coefficient (Wildman–Crippen LogP) is 6.62. The first-order valence-corrected chi connectivity index (χ1v) is 15.4. The van der Waals surface area contributed by atoms with Gasteiger partial charge in [0.1, 0.15) is 35.7 Å². The normalized spacial score (nSPS) is 22.1. The fraction of sp³-hybridized carbons (Fsp3) is 0.412. The Balaban J connectivity index is 1.47. The number of aromatic nitrogens is 2. The maximum absolute atomic E-state index is 17.0. The van der Waals surface area contributed by atoms with Crippen LogP contribution < -0.4 is 9.64 Å². The minimum Gasteiger partial charge on any atom is -0.508 e. The van der Waals surface area contributed by atoms with Crippen LogP contribution >= 0.6 is 0 Å². The molecule has 2 atom stereocenters. The second kappa shape index (κ2) is 11.8. The van der Waals surface area contributed by atoms with E-state index in [1.54, 1.807) is 4.90 Å². The Morgan fingerprint density at radius 2 is 1.91 bits per heavy atom. The molecule has 3 aliphatic rings. The Labute approximate surface area is 266 Å². The van der Waals surface area contributed by atoms with Crippen molar-refractivity contribution in [1.82, 2.24) is 14.9 Å². The molecule has 246 valence electrons. The molecule has 4 aromatic rings. The Kier molecular flexibility index (Phi) is 7.83. The zero-order valence-electron chi connectivity index (χ0n) is 25.1. The van der Waals surface area contributed by atoms with Gasteiger partial charge in [0.2, 0.25) is 0 Å². The van der Waals surface area contributed by atoms with Crippen molar-refractivity contribution in [3.05, 3.63) is 53.1 Å². The summed E-state index contributed by atoms with van der Waals surface area (Å²) in [5.74, 6) is -0.563. The summed E-state index contributed by atoms with van der Waals surface area (Å²) < 4.78 is 103. The van der Waals surface area contributed by atoms with E-state index in [1.807, 2.05) is 4.90 Å². The van der Waals surface area contributed by atoms with Crippen LogP contribution in [-0.2, 0) is 10.9 Å². The Bertz CT molecular complexity index is 1920. The van der Waals surface area contributed by atoms with Gasteiger partial charge in [-0.3, -0.25) is 4.90 Å². The molecule has 0 aliphatic carbocycles. The summed E-state index contributed by atoms with van der Waals surface area (Å²) in [6, 6.07) is 4.89. The first-order chi connectivity index (χ1) is 22.5. The number of benzene rings is 3. The summed E-state index contributed by atoms with van der Waals surface area (Å²) in [4.78, 5) is 12.5. The van der Waals surface area contributed by atoms with Crippen LogP contribution in [0.15, 0.2) is 30.3 Å². The number of aromatic hydroxyl groups is 1. The van der Waals surface area contributed by atoms with Crippen LogP contribution in [0.3, 0.4) is 0 Å². The number of phenols is 1. The van der Waals surface area contributed by atoms with Gasteiger partial charge in [-0.2, -0.15) is 23.1 Å². The highest BCUT2D eigenvalue weighted by atomic mass is 19.4. The van der Waals surface area contributed by atoms with E-state index in [2.05, 4.69) is 15.9 Å². The number of fused-ring (bicyclic) bond motifs is 3. The Hall–Kier alpha value is -4.28. The van der Waals surface area contributed by atoms with Crippen molar-refractivity contribution >= 4 is 27.5 Å². The number of terminal acetylenes is 1. The van der Waals surface area contributed by atoms with Crippen molar-refractivity contribution in [1.29, 1.82) is 0 Å². The molecule has 7 nitrogen and oxygen atoms in total. The molecule has 3 fully saturated rings. The minimum atomic E-state index is -5.10. The molecule has 3 aromatic carbocycles. The topological polar surface area (TPSA) is 71.0 Å². The van der Waals surface area contributed by atoms with Gasteiger partial charge in [0.15, 0.2) is 5.82 Å². The second-order valence-corrected chi connectivity index (χ2v) is 12.3. The van der Waals surface area contributed by atoms with E-state index >= 15 is 4.39 Å². The summed E-state index contributed by atoms with van der Waals surface area (Å²) in [6.45, 7) is 2.31. The number of nitrogens with zero attached hydrogens (tertiary/aromatic N) is 4. The van der Waals surface area contributed by atoms with Crippen molar-refractivity contribution in [2.45, 2.75) is 43.6 Å². The molecule has 0 radical (unpaired) electrons. The molecular weight excluding hydrogens is 626 g/mol. The van der Waals surface area contributed by atoms with Crippen LogP contribution in [-0.4, -0.2) is 77.7 Å². The maximum atomic E-state index is 17.0. The highest BCUT2D eigenvalue weighted by molar-refractivity contribution is 6.05. The van der Waals surface area contributed by atoms with E-state index in [9.17, 15) is 27.1 Å². The lowest BCUT2D eigenvalue weighted by atomic mass is 9.89. The number of phenolic OH excluding ortho intramolecular Hbond substituents is 1. The molecule has 3 aliphatic heterocycles. The summed E-state index contributed by atoms with van der Waals surface area (Å²) in [6.07, 6.45) is 1.77. The molecule has 0 spiro atoms. The van der Waals surface area contributed by atoms with Gasteiger partial charge < -0.3 is 19.5 Å². The molecule has 1 aromatic heterocycles. The summed E-state index contributed by atoms with van der Waals surface area (Å²) in [5, 5.41) is 10.2. The van der Waals surface area contributed by atoms with E-state index in [0.717, 1.165) is 24.6 Å². The van der Waals surface area contributed by atoms with Crippen molar-refractivity contribution in [3.63, 3.8) is 0 Å². The van der Waals surface area contributed by atoms with Crippen molar-refractivity contribution < 1.29 is 40.9 Å². The lowest BCUT2D eigenvalue weighted by Crippen LogP contribution is -2.43. The van der Waals surface area contributed by atoms with Gasteiger partial charge in [-0.1, -0.05) is 12.0 Å². The van der Waals surface area contributed by atoms with Crippen LogP contribution in [0.4, 0.5) is 32.2 Å². The SMILES string of the molecule is C#Cc1c(F)ccc2cc(O)cc(-c3c(C(F)(F)F)cc4c(N5CCCOCC5)nc(OC[C@@]56CCCN5C[C@H](F)C6)nc4c3F)c12. The first kappa shape index (κ1) is 31.3. The molecule has 0 saturated carbocycles. The number of ether oxygens (including phenoxy) is 2. The highest BCUT2D eigenvalue weighted by Gasteiger charge is 2.49. The van der Waals surface area contributed by atoms with E-state index < -0.39 is 57.5 Å². The summed E-state index contributed by atoms with van der Waals surface area (Å²) in [7, 11) is 0. The number of rotatable bonds is 5. The van der Waals surface area contributed by atoms with Gasteiger partial charge in [0, 0.05) is 49.0 Å². The largest absolute Gasteiger partial charge is 0.508 e. The standard InChI is InChI=1S/C34H30F6N4O3/c1-2-22-26(36)6-5-19-13-21(45)14-23(27(19)22)28-25(34(38,39)40)15-24-30(29(28)37)41-32(42-31(24)43-8-4-11-46-12-10-43)47-18-33-7-3-9-44(33)17-20(35)16-33/h1,5-6,13-15,20,45H,3-4,7-12,16-18H2/t20-,33+/m1/s1. The van der Waals surface area contributed by atoms with Crippen molar-refractivity contribution in [3.8, 4) is 35.2 Å². The van der Waals surface area contributed by atoms with Gasteiger partial charge in [0.25, 0.3) is 0 Å². The van der Waals surface area contributed by atoms with Crippen molar-refractivity contribution in [2.24, 2.45) is 0 Å². The molecule has 7 rings (SSSR count). The van der Waals surface area contributed by atoms with Crippen LogP contribution in [0.2, 0.25) is 0 Å². The predicted molar refractivity (Wildman–Crippen MR) is 163 cm³/mol. The number of hydrogen-bond donors (Lipinski definition) is 1. The number of anilines is 1. The van der Waals surface area contributed by atoms with E-state index in [4.69, 9.17) is 15.9 Å². The van der Waals surface area contributed by atoms with Gasteiger partial charge in [-0.25, -0.2) is 13.2 Å². The number of alkyl halides is 4. The fourth-order valence-corrected chi connectivity index (χ4v) is 7.35. The zero-order chi connectivity index (χ0) is 33.1. The molecule has 0 unspecified atom stereocenters. The average Bonchev–Trinajstić information content (AvgIpc) is 3.40. The molecule has 47 heavy (non-hydrogen) atoms. The quantitative estimate of drug-likeness (QED) is 0.191. The fourth-order valence-electron chi connectivity index (χ4n) is 7.35. The molecule has 3 saturated heterocycles. The molecular formula is C34H30F6N4O3. The molecule has 1 N–H and O–H groups in total. The minimum absolute atomic E-state index is 0.0125. The second-order valence-electron chi connectivity index (χ2n) is 12.3. The maximum Gasteiger partial charge on any atom is 0.417 e. The van der Waals surface area contributed by atoms with Crippen LogP contribution in [0, 0.1) is 24.0 Å².